The second kappa shape index (κ2) is 4.46. The molecule has 0 radical (unpaired) electrons. The highest BCUT2D eigenvalue weighted by Gasteiger charge is 2.05. The number of carboxylic acids is 1. The average Bonchev–Trinajstić information content (AvgIpc) is 2.71. The fourth-order valence-corrected chi connectivity index (χ4v) is 2.80. The molecule has 0 aliphatic rings. The van der Waals surface area contributed by atoms with Crippen LogP contribution >= 0.6 is 23.1 Å². The number of nitrogens with zero attached hydrogens (tertiary/aromatic N) is 1. The van der Waals surface area contributed by atoms with Crippen molar-refractivity contribution in [3.8, 4) is 0 Å². The number of aromatic nitrogens is 1. The number of rotatable bonds is 3. The van der Waals surface area contributed by atoms with Gasteiger partial charge in [-0.3, -0.25) is 0 Å². The monoisotopic (exact) mass is 237 g/mol. The Bertz CT molecular complexity index is 468. The molecule has 2 aromatic heterocycles. The Kier molecular flexibility index (Phi) is 3.03. The van der Waals surface area contributed by atoms with Crippen LogP contribution in [-0.2, 0) is 0 Å². The lowest BCUT2D eigenvalue weighted by Crippen LogP contribution is -1.98. The van der Waals surface area contributed by atoms with Crippen molar-refractivity contribution in [2.24, 2.45) is 0 Å². The van der Waals surface area contributed by atoms with Crippen molar-refractivity contribution in [3.63, 3.8) is 0 Å². The molecule has 0 unspecified atom stereocenters. The largest absolute Gasteiger partial charge is 0.477 e. The predicted molar refractivity (Wildman–Crippen MR) is 59.6 cm³/mol. The first kappa shape index (κ1) is 10.2. The van der Waals surface area contributed by atoms with E-state index in [1.54, 1.807) is 35.2 Å². The zero-order chi connectivity index (χ0) is 10.7. The molecule has 5 heteroatoms. The van der Waals surface area contributed by atoms with Crippen LogP contribution in [0.1, 0.15) is 10.5 Å². The molecule has 0 bridgehead atoms. The molecule has 15 heavy (non-hydrogen) atoms. The highest BCUT2D eigenvalue weighted by Crippen LogP contribution is 2.30. The number of carboxylic acid groups (broad SMARTS) is 1. The van der Waals surface area contributed by atoms with E-state index in [4.69, 9.17) is 5.11 Å². The Hall–Kier alpha value is -1.33. The number of thiophene rings is 1. The zero-order valence-corrected chi connectivity index (χ0v) is 9.22. The van der Waals surface area contributed by atoms with Gasteiger partial charge >= 0.3 is 5.97 Å². The molecule has 0 amide bonds. The quantitative estimate of drug-likeness (QED) is 0.891. The molecule has 0 fully saturated rings. The fourth-order valence-electron chi connectivity index (χ4n) is 1.03. The van der Waals surface area contributed by atoms with Gasteiger partial charge in [-0.15, -0.1) is 11.3 Å². The van der Waals surface area contributed by atoms with Crippen LogP contribution in [0.5, 0.6) is 0 Å². The summed E-state index contributed by atoms with van der Waals surface area (Å²) in [4.78, 5) is 15.3. The predicted octanol–water partition coefficient (Wildman–Crippen LogP) is 2.99. The molecule has 0 aliphatic carbocycles. The molecule has 0 saturated heterocycles. The van der Waals surface area contributed by atoms with Crippen molar-refractivity contribution < 1.29 is 9.90 Å². The van der Waals surface area contributed by atoms with Gasteiger partial charge < -0.3 is 5.11 Å². The topological polar surface area (TPSA) is 50.2 Å². The molecule has 3 nitrogen and oxygen atoms in total. The van der Waals surface area contributed by atoms with Crippen molar-refractivity contribution in [1.29, 1.82) is 0 Å². The number of hydrogen-bond acceptors (Lipinski definition) is 4. The number of pyridine rings is 1. The first-order chi connectivity index (χ1) is 7.25. The van der Waals surface area contributed by atoms with Crippen molar-refractivity contribution >= 4 is 29.1 Å². The Balaban J connectivity index is 2.22. The van der Waals surface area contributed by atoms with Crippen LogP contribution in [0.2, 0.25) is 0 Å². The summed E-state index contributed by atoms with van der Waals surface area (Å²) < 4.78 is 1.14. The standard InChI is InChI=1S/C10H7NO2S2/c12-10(13)8-6-7(3-4-11-8)15-9-2-1-5-14-9/h1-6H,(H,12,13). The summed E-state index contributed by atoms with van der Waals surface area (Å²) >= 11 is 3.17. The van der Waals surface area contributed by atoms with E-state index >= 15 is 0 Å². The van der Waals surface area contributed by atoms with Crippen molar-refractivity contribution in [2.45, 2.75) is 9.10 Å². The van der Waals surface area contributed by atoms with Gasteiger partial charge in [0.05, 0.1) is 4.21 Å². The average molecular weight is 237 g/mol. The highest BCUT2D eigenvalue weighted by atomic mass is 32.2. The molecule has 0 saturated carbocycles. The van der Waals surface area contributed by atoms with E-state index < -0.39 is 5.97 Å². The maximum Gasteiger partial charge on any atom is 0.354 e. The summed E-state index contributed by atoms with van der Waals surface area (Å²) in [6.07, 6.45) is 1.51. The van der Waals surface area contributed by atoms with Crippen molar-refractivity contribution in [2.75, 3.05) is 0 Å². The van der Waals surface area contributed by atoms with Crippen molar-refractivity contribution in [3.05, 3.63) is 41.5 Å². The molecule has 1 N–H and O–H groups in total. The molecule has 2 aromatic rings. The first-order valence-electron chi connectivity index (χ1n) is 4.16. The Morgan fingerprint density at radius 1 is 1.47 bits per heavy atom. The summed E-state index contributed by atoms with van der Waals surface area (Å²) in [5.74, 6) is -0.997. The molecule has 0 aliphatic heterocycles. The lowest BCUT2D eigenvalue weighted by atomic mass is 10.4. The Labute approximate surface area is 94.8 Å². The van der Waals surface area contributed by atoms with Gasteiger partial charge in [0, 0.05) is 11.1 Å². The van der Waals surface area contributed by atoms with Crippen LogP contribution in [0.25, 0.3) is 0 Å². The third-order valence-corrected chi connectivity index (χ3v) is 3.69. The van der Waals surface area contributed by atoms with Gasteiger partial charge in [-0.2, -0.15) is 0 Å². The Morgan fingerprint density at radius 2 is 2.33 bits per heavy atom. The summed E-state index contributed by atoms with van der Waals surface area (Å²) in [6.45, 7) is 0. The van der Waals surface area contributed by atoms with E-state index in [1.807, 2.05) is 17.5 Å². The second-order valence-electron chi connectivity index (χ2n) is 2.72. The summed E-state index contributed by atoms with van der Waals surface area (Å²) in [5, 5.41) is 10.8. The van der Waals surface area contributed by atoms with E-state index in [0.29, 0.717) is 0 Å². The normalized spacial score (nSPS) is 10.1. The third kappa shape index (κ3) is 2.57. The summed E-state index contributed by atoms with van der Waals surface area (Å²) in [6, 6.07) is 7.34. The maximum absolute atomic E-state index is 10.7. The van der Waals surface area contributed by atoms with Gasteiger partial charge in [0.2, 0.25) is 0 Å². The van der Waals surface area contributed by atoms with E-state index in [-0.39, 0.29) is 5.69 Å². The fraction of sp³-hybridized carbons (Fsp3) is 0. The smallest absolute Gasteiger partial charge is 0.354 e. The lowest BCUT2D eigenvalue weighted by molar-refractivity contribution is 0.0690. The lowest BCUT2D eigenvalue weighted by Gasteiger charge is -1.99. The molecular weight excluding hydrogens is 230 g/mol. The van der Waals surface area contributed by atoms with Gasteiger partial charge in [-0.1, -0.05) is 17.8 Å². The van der Waals surface area contributed by atoms with Gasteiger partial charge in [-0.25, -0.2) is 9.78 Å². The molecule has 0 aromatic carbocycles. The van der Waals surface area contributed by atoms with E-state index in [0.717, 1.165) is 9.10 Å². The molecular formula is C10H7NO2S2. The zero-order valence-electron chi connectivity index (χ0n) is 7.58. The second-order valence-corrected chi connectivity index (χ2v) is 5.04. The van der Waals surface area contributed by atoms with Crippen LogP contribution in [0.4, 0.5) is 0 Å². The molecule has 2 heterocycles. The third-order valence-electron chi connectivity index (χ3n) is 1.66. The summed E-state index contributed by atoms with van der Waals surface area (Å²) in [5.41, 5.74) is 0.0801. The van der Waals surface area contributed by atoms with Crippen molar-refractivity contribution in [1.82, 2.24) is 4.98 Å². The van der Waals surface area contributed by atoms with Gasteiger partial charge in [0.1, 0.15) is 5.69 Å². The minimum Gasteiger partial charge on any atom is -0.477 e. The molecule has 0 atom stereocenters. The van der Waals surface area contributed by atoms with E-state index in [9.17, 15) is 4.79 Å². The maximum atomic E-state index is 10.7. The number of carbonyl (C=O) groups is 1. The Morgan fingerprint density at radius 3 is 3.00 bits per heavy atom. The van der Waals surface area contributed by atoms with Crippen LogP contribution in [-0.4, -0.2) is 16.1 Å². The molecule has 0 spiro atoms. The minimum absolute atomic E-state index is 0.0801. The van der Waals surface area contributed by atoms with Crippen LogP contribution in [0.15, 0.2) is 44.9 Å². The van der Waals surface area contributed by atoms with E-state index in [2.05, 4.69) is 4.98 Å². The minimum atomic E-state index is -0.997. The SMILES string of the molecule is O=C(O)c1cc(Sc2cccs2)ccn1. The van der Waals surface area contributed by atoms with E-state index in [1.165, 1.54) is 6.20 Å². The number of hydrogen-bond donors (Lipinski definition) is 1. The molecule has 2 rings (SSSR count). The van der Waals surface area contributed by atoms with Gasteiger partial charge in [0.25, 0.3) is 0 Å². The molecule has 76 valence electrons. The first-order valence-corrected chi connectivity index (χ1v) is 5.86. The van der Waals surface area contributed by atoms with Gasteiger partial charge in [-0.05, 0) is 23.6 Å². The van der Waals surface area contributed by atoms with Crippen LogP contribution in [0, 0.1) is 0 Å². The van der Waals surface area contributed by atoms with Crippen LogP contribution < -0.4 is 0 Å². The van der Waals surface area contributed by atoms with Crippen LogP contribution in [0.3, 0.4) is 0 Å². The highest BCUT2D eigenvalue weighted by molar-refractivity contribution is 8.01. The van der Waals surface area contributed by atoms with Gasteiger partial charge in [0.15, 0.2) is 0 Å². The summed E-state index contributed by atoms with van der Waals surface area (Å²) in [7, 11) is 0. The number of aromatic carboxylic acids is 1.